The van der Waals surface area contributed by atoms with Crippen LogP contribution >= 0.6 is 0 Å². The van der Waals surface area contributed by atoms with Crippen molar-refractivity contribution in [2.45, 2.75) is 45.3 Å². The molecule has 0 aromatic carbocycles. The van der Waals surface area contributed by atoms with E-state index in [0.29, 0.717) is 0 Å². The summed E-state index contributed by atoms with van der Waals surface area (Å²) in [7, 11) is 0. The Morgan fingerprint density at radius 3 is 2.57 bits per heavy atom. The van der Waals surface area contributed by atoms with Gasteiger partial charge in [-0.1, -0.05) is 0 Å². The van der Waals surface area contributed by atoms with Crippen molar-refractivity contribution in [1.29, 1.82) is 0 Å². The maximum absolute atomic E-state index is 12.2. The number of aromatic nitrogens is 1. The molecule has 1 fully saturated rings. The largest absolute Gasteiger partial charge is 0.443 e. The Labute approximate surface area is 122 Å². The molecule has 21 heavy (non-hydrogen) atoms. The zero-order valence-corrected chi connectivity index (χ0v) is 12.3. The first kappa shape index (κ1) is 15.1. The van der Waals surface area contributed by atoms with E-state index in [1.165, 1.54) is 18.5 Å². The number of H-pyrrole nitrogens is 1. The molecule has 1 aliphatic rings. The number of nitrogens with zero attached hydrogens (tertiary/aromatic N) is 1. The van der Waals surface area contributed by atoms with Gasteiger partial charge in [0.05, 0.1) is 0 Å². The van der Waals surface area contributed by atoms with Gasteiger partial charge in [-0.2, -0.15) is 0 Å². The summed E-state index contributed by atoms with van der Waals surface area (Å²) < 4.78 is 5.23. The SMILES string of the molecule is CC(C)(C)OC(=O)N(C(=O)Nc1c[nH]ccc1=O)C1CC1. The molecular formula is C14H19N3O4. The number of pyridine rings is 1. The van der Waals surface area contributed by atoms with E-state index < -0.39 is 17.7 Å². The van der Waals surface area contributed by atoms with Crippen molar-refractivity contribution in [1.82, 2.24) is 9.88 Å². The number of hydrogen-bond donors (Lipinski definition) is 2. The number of carbonyl (C=O) groups is 2. The number of amides is 3. The molecule has 1 aliphatic carbocycles. The highest BCUT2D eigenvalue weighted by Gasteiger charge is 2.39. The molecule has 3 amide bonds. The molecule has 2 N–H and O–H groups in total. The Morgan fingerprint density at radius 2 is 2.05 bits per heavy atom. The van der Waals surface area contributed by atoms with Gasteiger partial charge in [0.15, 0.2) is 0 Å². The van der Waals surface area contributed by atoms with E-state index >= 15 is 0 Å². The topological polar surface area (TPSA) is 91.5 Å². The minimum Gasteiger partial charge on any atom is -0.443 e. The number of imide groups is 1. The average Bonchev–Trinajstić information content (AvgIpc) is 3.14. The summed E-state index contributed by atoms with van der Waals surface area (Å²) in [5, 5.41) is 2.44. The maximum Gasteiger partial charge on any atom is 0.418 e. The van der Waals surface area contributed by atoms with Crippen LogP contribution in [0.1, 0.15) is 33.6 Å². The first-order chi connectivity index (χ1) is 9.78. The first-order valence-corrected chi connectivity index (χ1v) is 6.78. The van der Waals surface area contributed by atoms with Gasteiger partial charge in [0, 0.05) is 24.5 Å². The van der Waals surface area contributed by atoms with Gasteiger partial charge in [-0.05, 0) is 33.6 Å². The predicted molar refractivity (Wildman–Crippen MR) is 77.2 cm³/mol. The van der Waals surface area contributed by atoms with E-state index in [1.54, 1.807) is 20.8 Å². The van der Waals surface area contributed by atoms with Crippen molar-refractivity contribution in [2.75, 3.05) is 5.32 Å². The van der Waals surface area contributed by atoms with Crippen LogP contribution in [0.4, 0.5) is 15.3 Å². The van der Waals surface area contributed by atoms with Crippen LogP contribution in [0.3, 0.4) is 0 Å². The van der Waals surface area contributed by atoms with Gasteiger partial charge in [-0.25, -0.2) is 14.5 Å². The first-order valence-electron chi connectivity index (χ1n) is 6.78. The standard InChI is InChI=1S/C14H19N3O4/c1-14(2,3)21-13(20)17(9-4-5-9)12(19)16-10-8-15-7-6-11(10)18/h6-9H,4-5H2,1-3H3,(H,15,18)(H,16,19). The van der Waals surface area contributed by atoms with E-state index in [1.807, 2.05) is 0 Å². The lowest BCUT2D eigenvalue weighted by Gasteiger charge is -2.26. The average molecular weight is 293 g/mol. The lowest BCUT2D eigenvalue weighted by molar-refractivity contribution is 0.0321. The highest BCUT2D eigenvalue weighted by molar-refractivity contribution is 5.99. The quantitative estimate of drug-likeness (QED) is 0.875. The van der Waals surface area contributed by atoms with Gasteiger partial charge in [0.2, 0.25) is 5.43 Å². The van der Waals surface area contributed by atoms with Gasteiger partial charge in [-0.15, -0.1) is 0 Å². The third-order valence-corrected chi connectivity index (χ3v) is 2.79. The summed E-state index contributed by atoms with van der Waals surface area (Å²) in [5.74, 6) is 0. The van der Waals surface area contributed by atoms with E-state index in [2.05, 4.69) is 10.3 Å². The Morgan fingerprint density at radius 1 is 1.38 bits per heavy atom. The van der Waals surface area contributed by atoms with Crippen molar-refractivity contribution in [3.63, 3.8) is 0 Å². The fourth-order valence-corrected chi connectivity index (χ4v) is 1.73. The number of aromatic amines is 1. The fraction of sp³-hybridized carbons (Fsp3) is 0.500. The van der Waals surface area contributed by atoms with E-state index in [9.17, 15) is 14.4 Å². The Kier molecular flexibility index (Phi) is 4.02. The lowest BCUT2D eigenvalue weighted by atomic mass is 10.2. The normalized spacial score (nSPS) is 14.4. The molecule has 0 atom stereocenters. The summed E-state index contributed by atoms with van der Waals surface area (Å²) >= 11 is 0. The number of hydrogen-bond acceptors (Lipinski definition) is 4. The summed E-state index contributed by atoms with van der Waals surface area (Å²) in [6, 6.07) is 0.482. The number of carbonyl (C=O) groups excluding carboxylic acids is 2. The Hall–Kier alpha value is -2.31. The lowest BCUT2D eigenvalue weighted by Crippen LogP contribution is -2.44. The summed E-state index contributed by atoms with van der Waals surface area (Å²) in [4.78, 5) is 39.7. The highest BCUT2D eigenvalue weighted by atomic mass is 16.6. The minimum atomic E-state index is -0.699. The third kappa shape index (κ3) is 4.08. The van der Waals surface area contributed by atoms with Crippen LogP contribution in [-0.2, 0) is 4.74 Å². The van der Waals surface area contributed by atoms with Crippen molar-refractivity contribution < 1.29 is 14.3 Å². The minimum absolute atomic E-state index is 0.0942. The third-order valence-electron chi connectivity index (χ3n) is 2.79. The van der Waals surface area contributed by atoms with Crippen LogP contribution in [0.25, 0.3) is 0 Å². The monoisotopic (exact) mass is 293 g/mol. The molecule has 1 aromatic heterocycles. The summed E-state index contributed by atoms with van der Waals surface area (Å²) in [6.07, 6.45) is 3.63. The van der Waals surface area contributed by atoms with Gasteiger partial charge in [0.25, 0.3) is 0 Å². The van der Waals surface area contributed by atoms with Crippen LogP contribution in [0, 0.1) is 0 Å². The van der Waals surface area contributed by atoms with E-state index in [4.69, 9.17) is 4.74 Å². The molecule has 7 nitrogen and oxygen atoms in total. The molecule has 0 unspecified atom stereocenters. The van der Waals surface area contributed by atoms with Gasteiger partial charge in [-0.3, -0.25) is 4.79 Å². The maximum atomic E-state index is 12.2. The molecule has 1 saturated carbocycles. The number of ether oxygens (including phenoxy) is 1. The van der Waals surface area contributed by atoms with Crippen molar-refractivity contribution in [2.24, 2.45) is 0 Å². The second-order valence-electron chi connectivity index (χ2n) is 5.93. The zero-order chi connectivity index (χ0) is 15.6. The van der Waals surface area contributed by atoms with Crippen LogP contribution < -0.4 is 10.7 Å². The number of anilines is 1. The second kappa shape index (κ2) is 5.59. The van der Waals surface area contributed by atoms with Gasteiger partial charge in [0.1, 0.15) is 11.3 Å². The van der Waals surface area contributed by atoms with Gasteiger partial charge >= 0.3 is 12.1 Å². The molecule has 1 aromatic rings. The van der Waals surface area contributed by atoms with Crippen LogP contribution in [0.5, 0.6) is 0 Å². The van der Waals surface area contributed by atoms with Crippen molar-refractivity contribution >= 4 is 17.8 Å². The van der Waals surface area contributed by atoms with Crippen LogP contribution in [-0.4, -0.2) is 33.7 Å². The molecule has 0 spiro atoms. The van der Waals surface area contributed by atoms with Crippen LogP contribution in [0.2, 0.25) is 0 Å². The number of urea groups is 1. The van der Waals surface area contributed by atoms with Crippen molar-refractivity contribution in [3.8, 4) is 0 Å². The van der Waals surface area contributed by atoms with Gasteiger partial charge < -0.3 is 15.0 Å². The fourth-order valence-electron chi connectivity index (χ4n) is 1.73. The summed E-state index contributed by atoms with van der Waals surface area (Å²) in [5.41, 5.74) is -0.923. The number of nitrogens with one attached hydrogen (secondary N) is 2. The molecule has 114 valence electrons. The Bertz CT molecular complexity index is 599. The molecule has 0 radical (unpaired) electrons. The van der Waals surface area contributed by atoms with E-state index in [-0.39, 0.29) is 17.2 Å². The Balaban J connectivity index is 2.12. The van der Waals surface area contributed by atoms with Crippen molar-refractivity contribution in [3.05, 3.63) is 28.7 Å². The molecule has 0 bridgehead atoms. The molecule has 7 heteroatoms. The van der Waals surface area contributed by atoms with Crippen LogP contribution in [0.15, 0.2) is 23.3 Å². The molecule has 0 saturated heterocycles. The smallest absolute Gasteiger partial charge is 0.418 e. The highest BCUT2D eigenvalue weighted by Crippen LogP contribution is 2.29. The number of rotatable bonds is 2. The molecule has 1 heterocycles. The zero-order valence-electron chi connectivity index (χ0n) is 12.3. The molecule has 2 rings (SSSR count). The molecular weight excluding hydrogens is 274 g/mol. The summed E-state index contributed by atoms with van der Waals surface area (Å²) in [6.45, 7) is 5.20. The predicted octanol–water partition coefficient (Wildman–Crippen LogP) is 2.31. The second-order valence-corrected chi connectivity index (χ2v) is 5.93. The molecule has 0 aliphatic heterocycles. The van der Waals surface area contributed by atoms with E-state index in [0.717, 1.165) is 17.7 Å².